The molecule has 1 aliphatic heterocycles. The summed E-state index contributed by atoms with van der Waals surface area (Å²) in [4.78, 5) is 28.1. The van der Waals surface area contributed by atoms with E-state index in [9.17, 15) is 4.79 Å². The van der Waals surface area contributed by atoms with Crippen LogP contribution in [0.5, 0.6) is 0 Å². The molecule has 0 radical (unpaired) electrons. The standard InChI is InChI=1S/C29H41N7O.C2H6/c1-6-25(13-9-10-16-30-18-19-36(5)8-3)28(37)34-26-15-14-23(4)27(20-26)35-29(32-7-2)33-22-24-12-11-17-31-21-24;1-2/h6-7,9,11-15,17,20,22,24,30H,2,8,10,16,18-19,21H2,1,3-5H3,(H,32,35)(H,34,37);1-2H3/b13-9-,25-6+,33-22+;. The number of benzene rings is 1. The van der Waals surface area contributed by atoms with E-state index in [0.29, 0.717) is 23.8 Å². The molecule has 3 N–H and O–H groups in total. The second-order valence-electron chi connectivity index (χ2n) is 8.67. The molecule has 0 fully saturated rings. The van der Waals surface area contributed by atoms with Crippen molar-refractivity contribution in [3.8, 4) is 0 Å². The van der Waals surface area contributed by atoms with Crippen molar-refractivity contribution in [2.24, 2.45) is 20.9 Å². The van der Waals surface area contributed by atoms with Gasteiger partial charge in [0.05, 0.1) is 6.54 Å². The first kappa shape index (κ1) is 33.4. The fraction of sp³-hybridized carbons (Fsp3) is 0.419. The zero-order chi connectivity index (χ0) is 28.9. The third-order valence-corrected chi connectivity index (χ3v) is 5.78. The van der Waals surface area contributed by atoms with E-state index >= 15 is 0 Å². The van der Waals surface area contributed by atoms with Gasteiger partial charge in [-0.1, -0.05) is 57.7 Å². The molecule has 0 bridgehead atoms. The van der Waals surface area contributed by atoms with Crippen LogP contribution in [0.15, 0.2) is 81.9 Å². The van der Waals surface area contributed by atoms with Crippen LogP contribution >= 0.6 is 0 Å². The van der Waals surface area contributed by atoms with Crippen LogP contribution in [-0.2, 0) is 4.79 Å². The average molecular weight is 534 g/mol. The van der Waals surface area contributed by atoms with Crippen molar-refractivity contribution in [1.29, 1.82) is 0 Å². The van der Waals surface area contributed by atoms with E-state index in [0.717, 1.165) is 43.9 Å². The zero-order valence-electron chi connectivity index (χ0n) is 24.6. The van der Waals surface area contributed by atoms with Gasteiger partial charge in [0.2, 0.25) is 5.96 Å². The summed E-state index contributed by atoms with van der Waals surface area (Å²) in [5.74, 6) is 0.379. The molecule has 1 amide bonds. The number of rotatable bonds is 13. The topological polar surface area (TPSA) is 93.5 Å². The van der Waals surface area contributed by atoms with Gasteiger partial charge < -0.3 is 20.9 Å². The second-order valence-corrected chi connectivity index (χ2v) is 8.67. The molecule has 0 saturated heterocycles. The highest BCUT2D eigenvalue weighted by atomic mass is 16.1. The molecule has 212 valence electrons. The molecule has 1 heterocycles. The van der Waals surface area contributed by atoms with Gasteiger partial charge in [0.15, 0.2) is 0 Å². The molecule has 1 unspecified atom stereocenters. The summed E-state index contributed by atoms with van der Waals surface area (Å²) in [7, 11) is 2.11. The lowest BCUT2D eigenvalue weighted by Gasteiger charge is -2.13. The smallest absolute Gasteiger partial charge is 0.255 e. The molecule has 0 saturated carbocycles. The fourth-order valence-electron chi connectivity index (χ4n) is 3.35. The minimum Gasteiger partial charge on any atom is -0.324 e. The van der Waals surface area contributed by atoms with Crippen LogP contribution in [0.1, 0.15) is 39.7 Å². The highest BCUT2D eigenvalue weighted by Crippen LogP contribution is 2.21. The summed E-state index contributed by atoms with van der Waals surface area (Å²) in [6.07, 6.45) is 15.6. The lowest BCUT2D eigenvalue weighted by Crippen LogP contribution is -2.29. The van der Waals surface area contributed by atoms with Gasteiger partial charge in [0.1, 0.15) is 0 Å². The maximum atomic E-state index is 12.9. The zero-order valence-corrected chi connectivity index (χ0v) is 24.6. The van der Waals surface area contributed by atoms with Crippen LogP contribution in [0.4, 0.5) is 11.4 Å². The molecule has 1 aromatic rings. The molecule has 1 aliphatic rings. The van der Waals surface area contributed by atoms with E-state index in [1.54, 1.807) is 6.21 Å². The Morgan fingerprint density at radius 1 is 1.26 bits per heavy atom. The number of likely N-dealkylation sites (N-methyl/N-ethyl adjacent to an activating group) is 1. The lowest BCUT2D eigenvalue weighted by atomic mass is 10.1. The Hall–Kier alpha value is -3.62. The SMILES string of the molecule is C=CN=C(/N=C/C1C=CC=NC1)Nc1cc(NC(=O)C(/C=C\CCNCCN(C)CC)=C/C)ccc1C.CC. The van der Waals surface area contributed by atoms with E-state index in [4.69, 9.17) is 0 Å². The number of allylic oxidation sites excluding steroid dienone is 2. The largest absolute Gasteiger partial charge is 0.324 e. The predicted octanol–water partition coefficient (Wildman–Crippen LogP) is 5.63. The molecule has 0 aliphatic carbocycles. The van der Waals surface area contributed by atoms with E-state index < -0.39 is 0 Å². The van der Waals surface area contributed by atoms with Crippen molar-refractivity contribution in [3.63, 3.8) is 0 Å². The fourth-order valence-corrected chi connectivity index (χ4v) is 3.35. The van der Waals surface area contributed by atoms with Gasteiger partial charge in [0.25, 0.3) is 5.91 Å². The Labute approximate surface area is 235 Å². The van der Waals surface area contributed by atoms with Crippen molar-refractivity contribution >= 4 is 35.7 Å². The first-order chi connectivity index (χ1) is 19.0. The molecule has 1 atom stereocenters. The number of aryl methyl sites for hydroxylation is 1. The van der Waals surface area contributed by atoms with Gasteiger partial charge in [-0.2, -0.15) is 0 Å². The number of hydrogen-bond acceptors (Lipinski definition) is 5. The van der Waals surface area contributed by atoms with Gasteiger partial charge in [-0.3, -0.25) is 9.79 Å². The van der Waals surface area contributed by atoms with Gasteiger partial charge >= 0.3 is 0 Å². The van der Waals surface area contributed by atoms with E-state index in [1.807, 2.05) is 82.5 Å². The number of hydrogen-bond donors (Lipinski definition) is 3. The van der Waals surface area contributed by atoms with E-state index in [2.05, 4.69) is 56.4 Å². The Kier molecular flexibility index (Phi) is 17.4. The molecule has 8 heteroatoms. The summed E-state index contributed by atoms with van der Waals surface area (Å²) in [5, 5.41) is 9.65. The van der Waals surface area contributed by atoms with Crippen molar-refractivity contribution < 1.29 is 4.79 Å². The molecule has 0 aromatic heterocycles. The van der Waals surface area contributed by atoms with Crippen LogP contribution in [0.25, 0.3) is 0 Å². The molecule has 39 heavy (non-hydrogen) atoms. The number of aliphatic imine (C=N–C) groups is 3. The van der Waals surface area contributed by atoms with Crippen molar-refractivity contribution in [2.75, 3.05) is 50.4 Å². The van der Waals surface area contributed by atoms with Crippen LogP contribution in [0, 0.1) is 12.8 Å². The Balaban J connectivity index is 0.00000371. The molecule has 1 aromatic carbocycles. The minimum absolute atomic E-state index is 0.124. The summed E-state index contributed by atoms with van der Waals surface area (Å²) < 4.78 is 0. The monoisotopic (exact) mass is 533 g/mol. The molecule has 8 nitrogen and oxygen atoms in total. The highest BCUT2D eigenvalue weighted by Gasteiger charge is 2.09. The summed E-state index contributed by atoms with van der Waals surface area (Å²) in [6, 6.07) is 5.70. The Bertz CT molecular complexity index is 1070. The van der Waals surface area contributed by atoms with Crippen LogP contribution in [-0.4, -0.2) is 69.0 Å². The van der Waals surface area contributed by atoms with Crippen LogP contribution < -0.4 is 16.0 Å². The number of amides is 1. The first-order valence-electron chi connectivity index (χ1n) is 13.8. The summed E-state index contributed by atoms with van der Waals surface area (Å²) in [6.45, 7) is 18.2. The molecule has 0 spiro atoms. The number of carbonyl (C=O) groups excluding carboxylic acids is 1. The number of carbonyl (C=O) groups is 1. The normalized spacial score (nSPS) is 15.5. The lowest BCUT2D eigenvalue weighted by molar-refractivity contribution is -0.112. The van der Waals surface area contributed by atoms with Gasteiger partial charge in [-0.25, -0.2) is 9.98 Å². The number of nitrogens with one attached hydrogen (secondary N) is 3. The number of anilines is 2. The van der Waals surface area contributed by atoms with Crippen molar-refractivity contribution in [1.82, 2.24) is 10.2 Å². The van der Waals surface area contributed by atoms with E-state index in [1.165, 1.54) is 6.20 Å². The third-order valence-electron chi connectivity index (χ3n) is 5.78. The van der Waals surface area contributed by atoms with Crippen molar-refractivity contribution in [2.45, 2.75) is 41.0 Å². The minimum atomic E-state index is -0.159. The van der Waals surface area contributed by atoms with Gasteiger partial charge in [-0.15, -0.1) is 0 Å². The molecular weight excluding hydrogens is 486 g/mol. The predicted molar refractivity (Wildman–Crippen MR) is 170 cm³/mol. The van der Waals surface area contributed by atoms with Crippen LogP contribution in [0.3, 0.4) is 0 Å². The van der Waals surface area contributed by atoms with Crippen molar-refractivity contribution in [3.05, 3.63) is 72.5 Å². The number of guanidine groups is 1. The van der Waals surface area contributed by atoms with E-state index in [-0.39, 0.29) is 11.8 Å². The molecular formula is C31H47N7O. The number of nitrogens with zero attached hydrogens (tertiary/aromatic N) is 4. The second kappa shape index (κ2) is 20.4. The van der Waals surface area contributed by atoms with Gasteiger partial charge in [-0.05, 0) is 64.2 Å². The van der Waals surface area contributed by atoms with Gasteiger partial charge in [0, 0.05) is 54.6 Å². The maximum Gasteiger partial charge on any atom is 0.255 e. The first-order valence-corrected chi connectivity index (χ1v) is 13.8. The molecule has 2 rings (SSSR count). The third kappa shape index (κ3) is 13.7. The quantitative estimate of drug-likeness (QED) is 0.101. The summed E-state index contributed by atoms with van der Waals surface area (Å²) in [5.41, 5.74) is 3.09. The Morgan fingerprint density at radius 2 is 2.05 bits per heavy atom. The number of dihydropyridines is 1. The average Bonchev–Trinajstić information content (AvgIpc) is 2.96. The highest BCUT2D eigenvalue weighted by molar-refractivity contribution is 6.06. The summed E-state index contributed by atoms with van der Waals surface area (Å²) >= 11 is 0. The van der Waals surface area contributed by atoms with Crippen LogP contribution in [0.2, 0.25) is 0 Å². The maximum absolute atomic E-state index is 12.9. The Morgan fingerprint density at radius 3 is 2.72 bits per heavy atom.